The Balaban J connectivity index is 1.54. The summed E-state index contributed by atoms with van der Waals surface area (Å²) in [5.74, 6) is -2.21. The normalized spacial score (nSPS) is 44.4. The van der Waals surface area contributed by atoms with E-state index in [4.69, 9.17) is 14.2 Å². The van der Waals surface area contributed by atoms with Crippen molar-refractivity contribution in [2.24, 2.45) is 0 Å². The van der Waals surface area contributed by atoms with Gasteiger partial charge in [-0.25, -0.2) is 0 Å². The van der Waals surface area contributed by atoms with E-state index in [1.54, 1.807) is 32.8 Å². The number of likely N-dealkylation sites (N-methyl/N-ethyl adjacent to an activating group) is 2. The number of aliphatic hydroxyl groups excluding tert-OH is 2. The van der Waals surface area contributed by atoms with Crippen LogP contribution in [-0.4, -0.2) is 108 Å². The van der Waals surface area contributed by atoms with E-state index in [9.17, 15) is 20.4 Å². The maximum absolute atomic E-state index is 11.7. The summed E-state index contributed by atoms with van der Waals surface area (Å²) in [6.07, 6.45) is -3.57. The zero-order valence-electron chi connectivity index (χ0n) is 20.0. The van der Waals surface area contributed by atoms with Gasteiger partial charge in [0.05, 0.1) is 24.3 Å². The number of thioether (sulfide) groups is 1. The van der Waals surface area contributed by atoms with E-state index in [0.717, 1.165) is 10.5 Å². The van der Waals surface area contributed by atoms with Gasteiger partial charge < -0.3 is 50.6 Å². The minimum absolute atomic E-state index is 0.0210. The van der Waals surface area contributed by atoms with Crippen LogP contribution in [0.3, 0.4) is 0 Å². The molecule has 3 aliphatic rings. The maximum atomic E-state index is 11.7. The lowest BCUT2D eigenvalue weighted by molar-refractivity contribution is -0.482. The molecule has 0 bridgehead atoms. The molecule has 3 fully saturated rings. The average molecular weight is 500 g/mol. The summed E-state index contributed by atoms with van der Waals surface area (Å²) in [4.78, 5) is 1.16. The first-order valence-corrected chi connectivity index (χ1v) is 12.9. The Hall–Kier alpha value is -0.830. The highest BCUT2D eigenvalue weighted by Gasteiger charge is 2.68. The van der Waals surface area contributed by atoms with Crippen LogP contribution >= 0.6 is 11.8 Å². The van der Waals surface area contributed by atoms with Crippen molar-refractivity contribution in [1.82, 2.24) is 16.0 Å². The maximum Gasteiger partial charge on any atom is 0.249 e. The third-order valence-corrected chi connectivity index (χ3v) is 8.00. The number of rotatable bonds is 7. The highest BCUT2D eigenvalue weighted by molar-refractivity contribution is 7.98. The lowest BCUT2D eigenvalue weighted by Crippen LogP contribution is -2.81. The van der Waals surface area contributed by atoms with Crippen molar-refractivity contribution in [3.63, 3.8) is 0 Å². The third-order valence-electron chi connectivity index (χ3n) is 7.25. The number of hydrogen-bond acceptors (Lipinski definition) is 11. The molecule has 2 aliphatic heterocycles. The molecule has 0 aromatic heterocycles. The van der Waals surface area contributed by atoms with E-state index in [1.165, 1.54) is 0 Å². The highest BCUT2D eigenvalue weighted by Crippen LogP contribution is 2.46. The Morgan fingerprint density at radius 3 is 2.29 bits per heavy atom. The molecule has 4 rings (SSSR count). The summed E-state index contributed by atoms with van der Waals surface area (Å²) in [6.45, 7) is 2.29. The molecule has 0 spiro atoms. The Kier molecular flexibility index (Phi) is 7.92. The molecule has 10 atom stereocenters. The first kappa shape index (κ1) is 26.2. The van der Waals surface area contributed by atoms with Crippen molar-refractivity contribution >= 4 is 11.8 Å². The zero-order valence-corrected chi connectivity index (χ0v) is 20.8. The number of nitrogens with one attached hydrogen (secondary N) is 3. The fraction of sp³-hybridized carbons (Fsp3) is 0.739. The summed E-state index contributed by atoms with van der Waals surface area (Å²) in [5, 5.41) is 54.1. The van der Waals surface area contributed by atoms with Crippen LogP contribution in [0.1, 0.15) is 18.9 Å². The molecule has 0 radical (unpaired) electrons. The monoisotopic (exact) mass is 499 g/mol. The SMILES string of the molecule is CNC1C(O)C(NC)C2OC3(O)C(OC(C)CC3(O)CNCc3ccc(SC)cc3)OC2C1O. The molecule has 2 saturated heterocycles. The van der Waals surface area contributed by atoms with Gasteiger partial charge in [-0.1, -0.05) is 12.1 Å². The van der Waals surface area contributed by atoms with Crippen LogP contribution in [0.25, 0.3) is 0 Å². The molecule has 1 aromatic carbocycles. The molecular weight excluding hydrogens is 462 g/mol. The summed E-state index contributed by atoms with van der Waals surface area (Å²) < 4.78 is 18.0. The minimum Gasteiger partial charge on any atom is -0.390 e. The van der Waals surface area contributed by atoms with Gasteiger partial charge in [0.2, 0.25) is 12.1 Å². The molecule has 0 amide bonds. The van der Waals surface area contributed by atoms with E-state index in [1.807, 2.05) is 30.5 Å². The number of fused-ring (bicyclic) bond motifs is 2. The van der Waals surface area contributed by atoms with Gasteiger partial charge in [0, 0.05) is 24.4 Å². The van der Waals surface area contributed by atoms with E-state index < -0.39 is 60.3 Å². The van der Waals surface area contributed by atoms with Gasteiger partial charge in [-0.15, -0.1) is 11.8 Å². The largest absolute Gasteiger partial charge is 0.390 e. The zero-order chi connectivity index (χ0) is 24.7. The van der Waals surface area contributed by atoms with Crippen LogP contribution in [-0.2, 0) is 20.8 Å². The molecule has 7 N–H and O–H groups in total. The molecule has 10 unspecified atom stereocenters. The Bertz CT molecular complexity index is 835. The number of aliphatic hydroxyl groups is 4. The summed E-state index contributed by atoms with van der Waals surface area (Å²) >= 11 is 1.67. The average Bonchev–Trinajstić information content (AvgIpc) is 2.80. The first-order chi connectivity index (χ1) is 16.2. The minimum atomic E-state index is -2.21. The van der Waals surface area contributed by atoms with Gasteiger partial charge in [-0.2, -0.15) is 0 Å². The van der Waals surface area contributed by atoms with Gasteiger partial charge in [0.1, 0.15) is 23.9 Å². The molecule has 1 aliphatic carbocycles. The van der Waals surface area contributed by atoms with Crippen LogP contribution in [0.15, 0.2) is 29.2 Å². The van der Waals surface area contributed by atoms with Gasteiger partial charge in [0.25, 0.3) is 0 Å². The molecule has 2 heterocycles. The second-order valence-corrected chi connectivity index (χ2v) is 10.3. The van der Waals surface area contributed by atoms with Crippen LogP contribution in [0.2, 0.25) is 0 Å². The smallest absolute Gasteiger partial charge is 0.249 e. The van der Waals surface area contributed by atoms with Crippen molar-refractivity contribution in [3.8, 4) is 0 Å². The summed E-state index contributed by atoms with van der Waals surface area (Å²) in [6, 6.07) is 6.75. The van der Waals surface area contributed by atoms with Crippen LogP contribution in [0.4, 0.5) is 0 Å². The van der Waals surface area contributed by atoms with Gasteiger partial charge >= 0.3 is 0 Å². The van der Waals surface area contributed by atoms with Crippen molar-refractivity contribution in [2.75, 3.05) is 26.9 Å². The molecule has 192 valence electrons. The second-order valence-electron chi connectivity index (χ2n) is 9.46. The molecule has 34 heavy (non-hydrogen) atoms. The van der Waals surface area contributed by atoms with Gasteiger partial charge in [-0.05, 0) is 45.0 Å². The topological polar surface area (TPSA) is 145 Å². The molecule has 1 saturated carbocycles. The number of hydrogen-bond donors (Lipinski definition) is 7. The van der Waals surface area contributed by atoms with Crippen molar-refractivity contribution in [3.05, 3.63) is 29.8 Å². The van der Waals surface area contributed by atoms with Crippen LogP contribution < -0.4 is 16.0 Å². The van der Waals surface area contributed by atoms with E-state index in [-0.39, 0.29) is 13.0 Å². The van der Waals surface area contributed by atoms with Crippen LogP contribution in [0, 0.1) is 0 Å². The summed E-state index contributed by atoms with van der Waals surface area (Å²) in [5.41, 5.74) is -0.703. The van der Waals surface area contributed by atoms with Crippen molar-refractivity contribution in [1.29, 1.82) is 0 Å². The van der Waals surface area contributed by atoms with E-state index >= 15 is 0 Å². The third kappa shape index (κ3) is 4.53. The first-order valence-electron chi connectivity index (χ1n) is 11.6. The van der Waals surface area contributed by atoms with Crippen molar-refractivity contribution in [2.45, 2.75) is 85.1 Å². The fourth-order valence-corrected chi connectivity index (χ4v) is 5.79. The standard InChI is InChI=1S/C23H37N3O7S/c1-12-9-22(29,11-26-10-13-5-7-14(34-4)8-6-13)23(30)21(31-12)32-20-18(28)15(24-2)17(27)16(25-3)19(20)33-23/h5-8,12,15-21,24-30H,9-11H2,1-4H3. The lowest BCUT2D eigenvalue weighted by Gasteiger charge is -2.60. The fourth-order valence-electron chi connectivity index (χ4n) is 5.39. The molecule has 1 aromatic rings. The second kappa shape index (κ2) is 10.3. The number of ether oxygens (including phenoxy) is 3. The number of benzene rings is 1. The predicted octanol–water partition coefficient (Wildman–Crippen LogP) is -1.25. The quantitative estimate of drug-likeness (QED) is 0.226. The van der Waals surface area contributed by atoms with Gasteiger partial charge in [-0.3, -0.25) is 0 Å². The van der Waals surface area contributed by atoms with E-state index in [0.29, 0.717) is 6.54 Å². The highest BCUT2D eigenvalue weighted by atomic mass is 32.2. The Morgan fingerprint density at radius 1 is 1.00 bits per heavy atom. The summed E-state index contributed by atoms with van der Waals surface area (Å²) in [7, 11) is 3.30. The molecular formula is C23H37N3O7S. The Morgan fingerprint density at radius 2 is 1.68 bits per heavy atom. The van der Waals surface area contributed by atoms with Gasteiger partial charge in [0.15, 0.2) is 0 Å². The lowest BCUT2D eigenvalue weighted by atomic mass is 9.77. The van der Waals surface area contributed by atoms with E-state index in [2.05, 4.69) is 16.0 Å². The predicted molar refractivity (Wildman–Crippen MR) is 126 cm³/mol. The molecule has 10 nitrogen and oxygen atoms in total. The Labute approximate surface area is 204 Å². The molecule has 11 heteroatoms. The van der Waals surface area contributed by atoms with Crippen molar-refractivity contribution < 1.29 is 34.6 Å². The van der Waals surface area contributed by atoms with Crippen LogP contribution in [0.5, 0.6) is 0 Å².